The number of pyridine rings is 3. The SMILES string of the molecule is c1ccc(-c2ccc(-c3c4ccccc4c(-c4ccc5c6ccc7ccccc7c6c6nc7c8ccccc8ccc7n6c5c4)c4ccccc34)cc2)cc1.c1ccc2c(c1)-c1cccc3c(-c4ccc5c6ccc7ccccc7c6c6nc7c8ccccc8ccc7n6c5c4)ccc-2c13.c1ccc2cc(-c3ccc(-c4ccc5c6ccc7ccccc7c6c6nc7c8ccccc8ccc7n6c5c4)cc3)ccc2c1. The van der Waals surface area contributed by atoms with E-state index in [9.17, 15) is 0 Å². The number of nitrogens with zero attached hydrogens (tertiary/aromatic N) is 6. The minimum absolute atomic E-state index is 0.992. The van der Waals surface area contributed by atoms with E-state index in [0.717, 1.165) is 55.6 Å². The zero-order valence-electron chi connectivity index (χ0n) is 78.5. The molecule has 0 fully saturated rings. The Morgan fingerprint density at radius 3 is 0.855 bits per heavy atom. The minimum atomic E-state index is 0.992. The molecule has 145 heavy (non-hydrogen) atoms. The Bertz CT molecular complexity index is 11200. The fraction of sp³-hybridized carbons (Fsp3) is 0. The van der Waals surface area contributed by atoms with Gasteiger partial charge < -0.3 is 0 Å². The van der Waals surface area contributed by atoms with Gasteiger partial charge in [-0.25, -0.2) is 15.0 Å². The van der Waals surface area contributed by atoms with E-state index in [4.69, 9.17) is 15.0 Å². The first-order valence-corrected chi connectivity index (χ1v) is 50.0. The second kappa shape index (κ2) is 31.6. The molecule has 26 aromatic carbocycles. The van der Waals surface area contributed by atoms with Crippen LogP contribution in [0.2, 0.25) is 0 Å². The number of fused-ring (bicyclic) bond motifs is 42. The maximum atomic E-state index is 5.51. The second-order valence-electron chi connectivity index (χ2n) is 39.0. The molecule has 0 saturated heterocycles. The molecule has 32 aromatic rings. The molecule has 0 unspecified atom stereocenters. The normalized spacial score (nSPS) is 12.1. The van der Waals surface area contributed by atoms with Gasteiger partial charge in [0.1, 0.15) is 16.9 Å². The van der Waals surface area contributed by atoms with Crippen molar-refractivity contribution in [2.45, 2.75) is 0 Å². The maximum absolute atomic E-state index is 5.51. The van der Waals surface area contributed by atoms with Gasteiger partial charge in [-0.05, 0) is 239 Å². The lowest BCUT2D eigenvalue weighted by molar-refractivity contribution is 1.32. The van der Waals surface area contributed by atoms with Crippen LogP contribution in [-0.2, 0) is 0 Å². The summed E-state index contributed by atoms with van der Waals surface area (Å²) in [6, 6.07) is 182. The maximum Gasteiger partial charge on any atom is 0.147 e. The number of rotatable bonds is 6. The molecule has 1 aliphatic rings. The van der Waals surface area contributed by atoms with Crippen LogP contribution in [0, 0.1) is 0 Å². The molecule has 0 atom stereocenters. The number of aromatic nitrogens is 6. The van der Waals surface area contributed by atoms with Gasteiger partial charge in [-0.2, -0.15) is 0 Å². The van der Waals surface area contributed by atoms with Crippen LogP contribution >= 0.6 is 0 Å². The summed E-state index contributed by atoms with van der Waals surface area (Å²) in [5, 5.41) is 35.6. The van der Waals surface area contributed by atoms with Crippen molar-refractivity contribution in [3.05, 3.63) is 497 Å². The molecule has 668 valence electrons. The van der Waals surface area contributed by atoms with Crippen LogP contribution in [-0.4, -0.2) is 28.2 Å². The largest absolute Gasteiger partial charge is 0.292 e. The van der Waals surface area contributed by atoms with Gasteiger partial charge in [0.15, 0.2) is 0 Å². The minimum Gasteiger partial charge on any atom is -0.292 e. The van der Waals surface area contributed by atoms with Crippen LogP contribution in [0.4, 0.5) is 0 Å². The molecule has 0 amide bonds. The lowest BCUT2D eigenvalue weighted by Crippen LogP contribution is -1.95. The van der Waals surface area contributed by atoms with Crippen LogP contribution < -0.4 is 0 Å². The predicted octanol–water partition coefficient (Wildman–Crippen LogP) is 37.6. The summed E-state index contributed by atoms with van der Waals surface area (Å²) >= 11 is 0. The van der Waals surface area contributed by atoms with E-state index in [1.165, 1.54) is 256 Å². The molecule has 0 N–H and O–H groups in total. The highest BCUT2D eigenvalue weighted by molar-refractivity contribution is 6.30. The second-order valence-corrected chi connectivity index (χ2v) is 39.0. The molecule has 6 heterocycles. The third-order valence-corrected chi connectivity index (χ3v) is 31.4. The number of imidazole rings is 3. The van der Waals surface area contributed by atoms with Crippen LogP contribution in [0.15, 0.2) is 497 Å². The fourth-order valence-corrected chi connectivity index (χ4v) is 24.7. The summed E-state index contributed by atoms with van der Waals surface area (Å²) in [5.41, 5.74) is 33.0. The van der Waals surface area contributed by atoms with Crippen molar-refractivity contribution in [3.63, 3.8) is 0 Å². The Labute approximate surface area is 831 Å². The number of hydrogen-bond acceptors (Lipinski definition) is 3. The molecule has 0 radical (unpaired) electrons. The molecule has 0 aliphatic heterocycles. The van der Waals surface area contributed by atoms with Gasteiger partial charge in [-0.3, -0.25) is 13.2 Å². The summed E-state index contributed by atoms with van der Waals surface area (Å²) in [7, 11) is 0. The zero-order chi connectivity index (χ0) is 94.7. The highest BCUT2D eigenvalue weighted by atomic mass is 15.0. The van der Waals surface area contributed by atoms with Gasteiger partial charge in [0.2, 0.25) is 0 Å². The Hall–Kier alpha value is -19.3. The van der Waals surface area contributed by atoms with Crippen LogP contribution in [0.5, 0.6) is 0 Å². The Morgan fingerprint density at radius 1 is 0.124 bits per heavy atom. The van der Waals surface area contributed by atoms with Crippen molar-refractivity contribution in [1.82, 2.24) is 28.2 Å². The first-order valence-electron chi connectivity index (χ1n) is 50.0. The van der Waals surface area contributed by atoms with Crippen LogP contribution in [0.1, 0.15) is 0 Å². The Morgan fingerprint density at radius 2 is 0.400 bits per heavy atom. The van der Waals surface area contributed by atoms with Gasteiger partial charge in [0, 0.05) is 48.5 Å². The monoisotopic (exact) mass is 1830 g/mol. The molecule has 0 spiro atoms. The van der Waals surface area contributed by atoms with E-state index in [-0.39, 0.29) is 0 Å². The van der Waals surface area contributed by atoms with E-state index in [1.54, 1.807) is 0 Å². The lowest BCUT2D eigenvalue weighted by atomic mass is 9.85. The Balaban J connectivity index is 0.0000000997. The van der Waals surface area contributed by atoms with Gasteiger partial charge in [-0.1, -0.05) is 455 Å². The molecule has 6 heteroatoms. The summed E-state index contributed by atoms with van der Waals surface area (Å²) in [6.07, 6.45) is 0. The molecule has 6 nitrogen and oxygen atoms in total. The van der Waals surface area contributed by atoms with E-state index < -0.39 is 0 Å². The quantitative estimate of drug-likeness (QED) is 0.123. The van der Waals surface area contributed by atoms with Crippen LogP contribution in [0.25, 0.3) is 312 Å². The molecule has 1 aliphatic carbocycles. The standard InChI is InChI=1S/C53H32N2.C43H24N2.C43H26N2/c1-2-12-33(13-3-1)34-22-24-37(25-23-34)49-42-18-8-10-20-44(42)50(45-21-11-9-19-43(45)49)38-27-29-41-46-30-26-35-14-4-6-16-39(35)51(46)53-54-52-40-17-7-5-15-36(40)28-31-47(52)55(53)48(41)32-38;1-3-10-29-25(8-1)16-20-37-33-19-17-27(28-21-22-36-32-13-6-5-12-31(32)35-15-7-14-34(28)40(35)36)24-39(33)45-38-23-18-26-9-2-4-11-30(26)42(38)44-43(45)41(29)37;1-2-10-32-25-33(18-17-27(32)7-1)28-13-15-29(16-14-28)34-20-22-37-38-23-19-30-8-3-5-11-35(30)41(38)43-44-42-36-12-6-4-9-31(36)21-24-39(42)45(43)40(37)26-34/h1-32H;1-24H;1-26H. The van der Waals surface area contributed by atoms with Crippen molar-refractivity contribution < 1.29 is 0 Å². The van der Waals surface area contributed by atoms with Crippen molar-refractivity contribution >= 4 is 223 Å². The third-order valence-electron chi connectivity index (χ3n) is 31.4. The van der Waals surface area contributed by atoms with E-state index in [1.807, 2.05) is 0 Å². The average molecular weight is 1840 g/mol. The highest BCUT2D eigenvalue weighted by Gasteiger charge is 2.28. The molecule has 33 rings (SSSR count). The van der Waals surface area contributed by atoms with Crippen molar-refractivity contribution in [3.8, 4) is 89.0 Å². The molecular weight excluding hydrogens is 1750 g/mol. The smallest absolute Gasteiger partial charge is 0.147 e. The van der Waals surface area contributed by atoms with Gasteiger partial charge in [0.05, 0.1) is 49.7 Å². The third kappa shape index (κ3) is 12.2. The first-order chi connectivity index (χ1) is 71.9. The topological polar surface area (TPSA) is 51.9 Å². The van der Waals surface area contributed by atoms with Crippen molar-refractivity contribution in [2.75, 3.05) is 0 Å². The van der Waals surface area contributed by atoms with E-state index in [0.29, 0.717) is 0 Å². The number of benzene rings is 26. The average Bonchev–Trinajstić information content (AvgIpc) is 1.60. The van der Waals surface area contributed by atoms with Gasteiger partial charge >= 0.3 is 0 Å². The Kier molecular flexibility index (Phi) is 17.6. The lowest BCUT2D eigenvalue weighted by Gasteiger charge is -2.19. The van der Waals surface area contributed by atoms with Gasteiger partial charge in [0.25, 0.3) is 0 Å². The zero-order valence-corrected chi connectivity index (χ0v) is 78.5. The van der Waals surface area contributed by atoms with Crippen LogP contribution in [0.3, 0.4) is 0 Å². The molecule has 6 aromatic heterocycles. The molecule has 0 bridgehead atoms. The summed E-state index contributed by atoms with van der Waals surface area (Å²) in [6.45, 7) is 0. The van der Waals surface area contributed by atoms with Crippen molar-refractivity contribution in [1.29, 1.82) is 0 Å². The van der Waals surface area contributed by atoms with E-state index >= 15 is 0 Å². The summed E-state index contributed by atoms with van der Waals surface area (Å²) in [5.74, 6) is 0. The van der Waals surface area contributed by atoms with Crippen molar-refractivity contribution in [2.24, 2.45) is 0 Å². The summed E-state index contributed by atoms with van der Waals surface area (Å²) in [4.78, 5) is 16.4. The van der Waals surface area contributed by atoms with E-state index in [2.05, 4.69) is 511 Å². The highest BCUT2D eigenvalue weighted by Crippen LogP contribution is 2.53. The van der Waals surface area contributed by atoms with Gasteiger partial charge in [-0.15, -0.1) is 0 Å². The predicted molar refractivity (Wildman–Crippen MR) is 615 cm³/mol. The molecule has 0 saturated carbocycles. The number of hydrogen-bond donors (Lipinski definition) is 0. The first kappa shape index (κ1) is 80.7. The summed E-state index contributed by atoms with van der Waals surface area (Å²) < 4.78 is 7.21. The fourth-order valence-electron chi connectivity index (χ4n) is 24.7. The molecular formula is C139H82N6.